The van der Waals surface area contributed by atoms with Gasteiger partial charge in [-0.3, -0.25) is 15.2 Å². The number of benzene rings is 1. The number of hydrogen-bond acceptors (Lipinski definition) is 4. The molecule has 0 aliphatic carbocycles. The van der Waals surface area contributed by atoms with Gasteiger partial charge in [-0.2, -0.15) is 5.10 Å². The highest BCUT2D eigenvalue weighted by Gasteiger charge is 2.20. The Labute approximate surface area is 110 Å². The topological polar surface area (TPSA) is 75.1 Å². The summed E-state index contributed by atoms with van der Waals surface area (Å²) in [5, 5.41) is 18.1. The van der Waals surface area contributed by atoms with E-state index in [0.29, 0.717) is 0 Å². The Hall–Kier alpha value is -2.21. The summed E-state index contributed by atoms with van der Waals surface area (Å²) in [4.78, 5) is 12.5. The molecular weight excluding hydrogens is 244 g/mol. The second-order valence-corrected chi connectivity index (χ2v) is 4.82. The number of aromatic amines is 1. The molecule has 19 heavy (non-hydrogen) atoms. The van der Waals surface area contributed by atoms with E-state index in [4.69, 9.17) is 0 Å². The van der Waals surface area contributed by atoms with Crippen molar-refractivity contribution in [2.75, 3.05) is 13.6 Å². The van der Waals surface area contributed by atoms with E-state index >= 15 is 0 Å². The average molecular weight is 258 g/mol. The highest BCUT2D eigenvalue weighted by Crippen LogP contribution is 2.28. The molecule has 6 nitrogen and oxygen atoms in total. The van der Waals surface area contributed by atoms with Gasteiger partial charge in [-0.05, 0) is 19.2 Å². The van der Waals surface area contributed by atoms with E-state index in [9.17, 15) is 10.1 Å². The third-order valence-corrected chi connectivity index (χ3v) is 3.48. The number of likely N-dealkylation sites (N-methyl/N-ethyl adjacent to an activating group) is 1. The van der Waals surface area contributed by atoms with Crippen LogP contribution < -0.4 is 0 Å². The zero-order valence-corrected chi connectivity index (χ0v) is 10.6. The van der Waals surface area contributed by atoms with Gasteiger partial charge in [0.1, 0.15) is 0 Å². The molecule has 0 radical (unpaired) electrons. The summed E-state index contributed by atoms with van der Waals surface area (Å²) in [5.41, 5.74) is 4.29. The fourth-order valence-electron chi connectivity index (χ4n) is 2.41. The van der Waals surface area contributed by atoms with Gasteiger partial charge < -0.3 is 4.90 Å². The fraction of sp³-hybridized carbons (Fsp3) is 0.308. The molecule has 0 bridgehead atoms. The van der Waals surface area contributed by atoms with E-state index in [1.807, 2.05) is 0 Å². The zero-order valence-electron chi connectivity index (χ0n) is 10.6. The standard InChI is InChI=1S/C13H14N4O2/c1-16-7-6-12-11(8-16)13(15-14-12)9-2-4-10(5-3-9)17(18)19/h2-5H,6-8H2,1H3,(H,14,15). The normalized spacial score (nSPS) is 15.2. The lowest BCUT2D eigenvalue weighted by atomic mass is 10.0. The minimum atomic E-state index is -0.391. The lowest BCUT2D eigenvalue weighted by Crippen LogP contribution is -2.26. The first-order valence-corrected chi connectivity index (χ1v) is 6.14. The molecule has 0 saturated heterocycles. The van der Waals surface area contributed by atoms with Crippen molar-refractivity contribution in [2.24, 2.45) is 0 Å². The molecule has 0 spiro atoms. The van der Waals surface area contributed by atoms with Crippen LogP contribution in [0.2, 0.25) is 0 Å². The first-order chi connectivity index (χ1) is 9.15. The summed E-state index contributed by atoms with van der Waals surface area (Å²) in [5.74, 6) is 0. The van der Waals surface area contributed by atoms with Crippen molar-refractivity contribution in [2.45, 2.75) is 13.0 Å². The number of nitrogens with zero attached hydrogens (tertiary/aromatic N) is 3. The monoisotopic (exact) mass is 258 g/mol. The number of nitro benzene ring substituents is 1. The molecule has 1 aliphatic rings. The van der Waals surface area contributed by atoms with Crippen molar-refractivity contribution >= 4 is 5.69 Å². The predicted molar refractivity (Wildman–Crippen MR) is 70.7 cm³/mol. The van der Waals surface area contributed by atoms with Gasteiger partial charge in [0.05, 0.1) is 10.6 Å². The van der Waals surface area contributed by atoms with Crippen molar-refractivity contribution in [3.8, 4) is 11.3 Å². The first-order valence-electron chi connectivity index (χ1n) is 6.14. The molecule has 0 unspecified atom stereocenters. The molecule has 0 atom stereocenters. The lowest BCUT2D eigenvalue weighted by Gasteiger charge is -2.22. The van der Waals surface area contributed by atoms with E-state index < -0.39 is 4.92 Å². The van der Waals surface area contributed by atoms with Gasteiger partial charge in [0.2, 0.25) is 0 Å². The van der Waals surface area contributed by atoms with Crippen LogP contribution in [0.5, 0.6) is 0 Å². The van der Waals surface area contributed by atoms with Crippen molar-refractivity contribution in [1.29, 1.82) is 0 Å². The number of rotatable bonds is 2. The Kier molecular flexibility index (Phi) is 2.79. The molecule has 0 amide bonds. The molecule has 1 N–H and O–H groups in total. The molecule has 1 aromatic carbocycles. The Bertz CT molecular complexity index is 618. The van der Waals surface area contributed by atoms with E-state index in [2.05, 4.69) is 22.1 Å². The van der Waals surface area contributed by atoms with Crippen molar-refractivity contribution in [1.82, 2.24) is 15.1 Å². The summed E-state index contributed by atoms with van der Waals surface area (Å²) in [7, 11) is 2.08. The van der Waals surface area contributed by atoms with Crippen molar-refractivity contribution < 1.29 is 4.92 Å². The van der Waals surface area contributed by atoms with Gasteiger partial charge in [-0.1, -0.05) is 0 Å². The van der Waals surface area contributed by atoms with Crippen LogP contribution in [0.3, 0.4) is 0 Å². The maximum atomic E-state index is 10.7. The van der Waals surface area contributed by atoms with Crippen molar-refractivity contribution in [3.05, 3.63) is 45.6 Å². The average Bonchev–Trinajstić information content (AvgIpc) is 2.81. The SMILES string of the molecule is CN1CCc2[nH]nc(-c3ccc([N+](=O)[O-])cc3)c2C1. The predicted octanol–water partition coefficient (Wildman–Crippen LogP) is 1.97. The van der Waals surface area contributed by atoms with Gasteiger partial charge in [0, 0.05) is 48.5 Å². The van der Waals surface area contributed by atoms with Gasteiger partial charge in [0.25, 0.3) is 5.69 Å². The Morgan fingerprint density at radius 3 is 2.79 bits per heavy atom. The maximum Gasteiger partial charge on any atom is 0.269 e. The molecule has 1 aromatic heterocycles. The molecule has 0 fully saturated rings. The molecule has 98 valence electrons. The maximum absolute atomic E-state index is 10.7. The summed E-state index contributed by atoms with van der Waals surface area (Å²) < 4.78 is 0. The third kappa shape index (κ3) is 2.10. The number of fused-ring (bicyclic) bond motifs is 1. The second-order valence-electron chi connectivity index (χ2n) is 4.82. The van der Waals surface area contributed by atoms with E-state index in [1.165, 1.54) is 23.4 Å². The number of non-ortho nitro benzene ring substituents is 1. The number of nitro groups is 1. The van der Waals surface area contributed by atoms with Gasteiger partial charge in [0.15, 0.2) is 0 Å². The molecule has 2 heterocycles. The smallest absolute Gasteiger partial charge is 0.269 e. The van der Waals surface area contributed by atoms with Crippen LogP contribution in [0.15, 0.2) is 24.3 Å². The summed E-state index contributed by atoms with van der Waals surface area (Å²) in [6, 6.07) is 6.54. The highest BCUT2D eigenvalue weighted by atomic mass is 16.6. The van der Waals surface area contributed by atoms with Gasteiger partial charge in [-0.15, -0.1) is 0 Å². The number of aromatic nitrogens is 2. The fourth-order valence-corrected chi connectivity index (χ4v) is 2.41. The van der Waals surface area contributed by atoms with Crippen molar-refractivity contribution in [3.63, 3.8) is 0 Å². The first kappa shape index (κ1) is 11.9. The summed E-state index contributed by atoms with van der Waals surface area (Å²) in [6.45, 7) is 1.88. The molecule has 3 rings (SSSR count). The molecular formula is C13H14N4O2. The molecule has 2 aromatic rings. The molecule has 1 aliphatic heterocycles. The van der Waals surface area contributed by atoms with Gasteiger partial charge in [-0.25, -0.2) is 0 Å². The third-order valence-electron chi connectivity index (χ3n) is 3.48. The number of hydrogen-bond donors (Lipinski definition) is 1. The Balaban J connectivity index is 1.98. The summed E-state index contributed by atoms with van der Waals surface area (Å²) in [6.07, 6.45) is 0.964. The molecule has 0 saturated carbocycles. The van der Waals surface area contributed by atoms with E-state index in [-0.39, 0.29) is 5.69 Å². The van der Waals surface area contributed by atoms with E-state index in [0.717, 1.165) is 30.8 Å². The van der Waals surface area contributed by atoms with E-state index in [1.54, 1.807) is 12.1 Å². The van der Waals surface area contributed by atoms with Crippen LogP contribution in [-0.2, 0) is 13.0 Å². The quantitative estimate of drug-likeness (QED) is 0.660. The minimum Gasteiger partial charge on any atom is -0.302 e. The van der Waals surface area contributed by atoms with Gasteiger partial charge >= 0.3 is 0 Å². The minimum absolute atomic E-state index is 0.102. The number of H-pyrrole nitrogens is 1. The Morgan fingerprint density at radius 2 is 2.11 bits per heavy atom. The van der Waals surface area contributed by atoms with Crippen LogP contribution in [0.4, 0.5) is 5.69 Å². The largest absolute Gasteiger partial charge is 0.302 e. The summed E-state index contributed by atoms with van der Waals surface area (Å²) >= 11 is 0. The van der Waals surface area contributed by atoms with Crippen LogP contribution in [0.25, 0.3) is 11.3 Å². The zero-order chi connectivity index (χ0) is 13.4. The lowest BCUT2D eigenvalue weighted by molar-refractivity contribution is -0.384. The van der Waals surface area contributed by atoms with Crippen LogP contribution in [-0.4, -0.2) is 33.6 Å². The van der Waals surface area contributed by atoms with Crippen LogP contribution in [0.1, 0.15) is 11.3 Å². The second kappa shape index (κ2) is 4.47. The number of nitrogens with one attached hydrogen (secondary N) is 1. The highest BCUT2D eigenvalue weighted by molar-refractivity contribution is 5.65. The van der Waals surface area contributed by atoms with Crippen LogP contribution >= 0.6 is 0 Å². The van der Waals surface area contributed by atoms with Crippen LogP contribution in [0, 0.1) is 10.1 Å². The Morgan fingerprint density at radius 1 is 1.37 bits per heavy atom. The molecule has 6 heteroatoms.